The average Bonchev–Trinajstić information content (AvgIpc) is 2.36. The van der Waals surface area contributed by atoms with Crippen LogP contribution >= 0.6 is 0 Å². The second kappa shape index (κ2) is 6.83. The van der Waals surface area contributed by atoms with Crippen LogP contribution in [-0.2, 0) is 19.6 Å². The minimum atomic E-state index is -3.76. The summed E-state index contributed by atoms with van der Waals surface area (Å²) in [6.45, 7) is -0.0904. The third kappa shape index (κ3) is 5.21. The van der Waals surface area contributed by atoms with Gasteiger partial charge in [-0.05, 0) is 23.8 Å². The molecule has 4 N–H and O–H groups in total. The van der Waals surface area contributed by atoms with Crippen LogP contribution in [0.2, 0.25) is 0 Å². The van der Waals surface area contributed by atoms with Crippen molar-refractivity contribution in [1.82, 2.24) is 4.72 Å². The van der Waals surface area contributed by atoms with E-state index in [9.17, 15) is 18.0 Å². The van der Waals surface area contributed by atoms with E-state index >= 15 is 0 Å². The molecule has 0 saturated heterocycles. The van der Waals surface area contributed by atoms with Crippen molar-refractivity contribution >= 4 is 28.0 Å². The second-order valence-corrected chi connectivity index (χ2v) is 5.63. The van der Waals surface area contributed by atoms with E-state index in [2.05, 4.69) is 4.72 Å². The van der Waals surface area contributed by atoms with Gasteiger partial charge in [0.25, 0.3) is 0 Å². The van der Waals surface area contributed by atoms with E-state index in [-0.39, 0.29) is 17.9 Å². The van der Waals surface area contributed by atoms with E-state index in [1.54, 1.807) is 6.07 Å². The quantitative estimate of drug-likeness (QED) is 0.608. The maximum Gasteiger partial charge on any atom is 0.328 e. The smallest absolute Gasteiger partial charge is 0.328 e. The molecule has 0 unspecified atom stereocenters. The van der Waals surface area contributed by atoms with Crippen molar-refractivity contribution in [3.8, 4) is 0 Å². The van der Waals surface area contributed by atoms with Crippen molar-refractivity contribution in [2.75, 3.05) is 6.54 Å². The van der Waals surface area contributed by atoms with Crippen LogP contribution in [0.25, 0.3) is 6.08 Å². The molecule has 0 radical (unpaired) electrons. The SMILES string of the molecule is NC(=O)CCNS(=O)(=O)c1cccc(C=CC(=O)O)c1. The van der Waals surface area contributed by atoms with E-state index in [0.717, 1.165) is 6.08 Å². The summed E-state index contributed by atoms with van der Waals surface area (Å²) in [5.41, 5.74) is 5.35. The summed E-state index contributed by atoms with van der Waals surface area (Å²) in [5, 5.41) is 8.51. The van der Waals surface area contributed by atoms with Gasteiger partial charge in [0.2, 0.25) is 15.9 Å². The fourth-order valence-electron chi connectivity index (χ4n) is 1.34. The highest BCUT2D eigenvalue weighted by Crippen LogP contribution is 2.12. The lowest BCUT2D eigenvalue weighted by atomic mass is 10.2. The second-order valence-electron chi connectivity index (χ2n) is 3.86. The normalized spacial score (nSPS) is 11.6. The zero-order chi connectivity index (χ0) is 15.2. The average molecular weight is 298 g/mol. The molecule has 0 saturated carbocycles. The number of rotatable bonds is 7. The molecular formula is C12H14N2O5S. The van der Waals surface area contributed by atoms with Crippen molar-refractivity contribution in [1.29, 1.82) is 0 Å². The van der Waals surface area contributed by atoms with Gasteiger partial charge < -0.3 is 10.8 Å². The summed E-state index contributed by atoms with van der Waals surface area (Å²) in [7, 11) is -3.76. The summed E-state index contributed by atoms with van der Waals surface area (Å²) in [5.74, 6) is -1.73. The van der Waals surface area contributed by atoms with E-state index in [0.29, 0.717) is 5.56 Å². The number of primary amides is 1. The van der Waals surface area contributed by atoms with Gasteiger partial charge in [0, 0.05) is 19.0 Å². The monoisotopic (exact) mass is 298 g/mol. The summed E-state index contributed by atoms with van der Waals surface area (Å²) in [4.78, 5) is 20.9. The first-order chi connectivity index (χ1) is 9.31. The molecule has 7 nitrogen and oxygen atoms in total. The Morgan fingerprint density at radius 3 is 2.65 bits per heavy atom. The first kappa shape index (κ1) is 15.9. The fourth-order valence-corrected chi connectivity index (χ4v) is 2.43. The van der Waals surface area contributed by atoms with Gasteiger partial charge in [0.05, 0.1) is 4.90 Å². The van der Waals surface area contributed by atoms with Gasteiger partial charge in [-0.2, -0.15) is 0 Å². The van der Waals surface area contributed by atoms with Crippen molar-refractivity contribution in [3.63, 3.8) is 0 Å². The molecule has 8 heteroatoms. The van der Waals surface area contributed by atoms with Gasteiger partial charge in [-0.15, -0.1) is 0 Å². The molecule has 1 aromatic rings. The van der Waals surface area contributed by atoms with Crippen molar-refractivity contribution in [2.45, 2.75) is 11.3 Å². The molecule has 0 aliphatic rings. The highest BCUT2D eigenvalue weighted by molar-refractivity contribution is 7.89. The summed E-state index contributed by atoms with van der Waals surface area (Å²) in [6, 6.07) is 5.75. The number of nitrogens with two attached hydrogens (primary N) is 1. The number of benzene rings is 1. The van der Waals surface area contributed by atoms with Crippen molar-refractivity contribution in [2.24, 2.45) is 5.73 Å². The maximum absolute atomic E-state index is 11.9. The van der Waals surface area contributed by atoms with Gasteiger partial charge in [0.1, 0.15) is 0 Å². The van der Waals surface area contributed by atoms with Crippen LogP contribution in [0.5, 0.6) is 0 Å². The van der Waals surface area contributed by atoms with Crippen LogP contribution in [0.3, 0.4) is 0 Å². The maximum atomic E-state index is 11.9. The molecule has 0 spiro atoms. The topological polar surface area (TPSA) is 127 Å². The van der Waals surface area contributed by atoms with E-state index in [1.165, 1.54) is 24.3 Å². The number of amides is 1. The number of carboxylic acid groups (broad SMARTS) is 1. The molecule has 1 aromatic carbocycles. The van der Waals surface area contributed by atoms with Crippen molar-refractivity contribution in [3.05, 3.63) is 35.9 Å². The molecule has 0 fully saturated rings. The van der Waals surface area contributed by atoms with Crippen LogP contribution in [-0.4, -0.2) is 31.9 Å². The fraction of sp³-hybridized carbons (Fsp3) is 0.167. The van der Waals surface area contributed by atoms with Crippen LogP contribution in [0.1, 0.15) is 12.0 Å². The lowest BCUT2D eigenvalue weighted by Crippen LogP contribution is -2.28. The number of hydrogen-bond donors (Lipinski definition) is 3. The standard InChI is InChI=1S/C12H14N2O5S/c13-11(15)6-7-14-20(18,19)10-3-1-2-9(8-10)4-5-12(16)17/h1-5,8,14H,6-7H2,(H2,13,15)(H,16,17). The molecule has 20 heavy (non-hydrogen) atoms. The Kier molecular flexibility index (Phi) is 5.42. The lowest BCUT2D eigenvalue weighted by Gasteiger charge is -2.06. The Morgan fingerprint density at radius 2 is 2.05 bits per heavy atom. The van der Waals surface area contributed by atoms with Gasteiger partial charge in [0.15, 0.2) is 0 Å². The summed E-state index contributed by atoms with van der Waals surface area (Å²) in [6.07, 6.45) is 2.09. The minimum Gasteiger partial charge on any atom is -0.478 e. The van der Waals surface area contributed by atoms with E-state index in [4.69, 9.17) is 10.8 Å². The molecule has 0 bridgehead atoms. The molecular weight excluding hydrogens is 284 g/mol. The lowest BCUT2D eigenvalue weighted by molar-refractivity contribution is -0.131. The molecule has 1 rings (SSSR count). The Bertz CT molecular complexity index is 637. The highest BCUT2D eigenvalue weighted by atomic mass is 32.2. The number of sulfonamides is 1. The third-order valence-corrected chi connectivity index (χ3v) is 3.71. The van der Waals surface area contributed by atoms with Crippen LogP contribution < -0.4 is 10.5 Å². The number of nitrogens with one attached hydrogen (secondary N) is 1. The zero-order valence-corrected chi connectivity index (χ0v) is 11.3. The first-order valence-electron chi connectivity index (χ1n) is 5.60. The van der Waals surface area contributed by atoms with E-state index in [1.807, 2.05) is 0 Å². The number of carbonyl (C=O) groups excluding carboxylic acids is 1. The third-order valence-electron chi connectivity index (χ3n) is 2.25. The Hall–Kier alpha value is -2.19. The highest BCUT2D eigenvalue weighted by Gasteiger charge is 2.13. The molecule has 0 heterocycles. The predicted molar refractivity (Wildman–Crippen MR) is 72.1 cm³/mol. The van der Waals surface area contributed by atoms with Crippen LogP contribution in [0, 0.1) is 0 Å². The first-order valence-corrected chi connectivity index (χ1v) is 7.08. The minimum absolute atomic E-state index is 0.0190. The van der Waals surface area contributed by atoms with Crippen molar-refractivity contribution < 1.29 is 23.1 Å². The van der Waals surface area contributed by atoms with Gasteiger partial charge in [-0.25, -0.2) is 17.9 Å². The number of aliphatic carboxylic acids is 1. The van der Waals surface area contributed by atoms with Crippen LogP contribution in [0.15, 0.2) is 35.2 Å². The zero-order valence-electron chi connectivity index (χ0n) is 10.4. The van der Waals surface area contributed by atoms with Gasteiger partial charge in [-0.3, -0.25) is 4.79 Å². The Morgan fingerprint density at radius 1 is 1.35 bits per heavy atom. The summed E-state index contributed by atoms with van der Waals surface area (Å²) >= 11 is 0. The van der Waals surface area contributed by atoms with Crippen LogP contribution in [0.4, 0.5) is 0 Å². The predicted octanol–water partition coefficient (Wildman–Crippen LogP) is -0.0619. The number of carboxylic acids is 1. The van der Waals surface area contributed by atoms with Gasteiger partial charge >= 0.3 is 5.97 Å². The van der Waals surface area contributed by atoms with E-state index < -0.39 is 21.9 Å². The molecule has 0 aromatic heterocycles. The number of hydrogen-bond acceptors (Lipinski definition) is 4. The molecule has 108 valence electrons. The summed E-state index contributed by atoms with van der Waals surface area (Å²) < 4.78 is 26.0. The number of carbonyl (C=O) groups is 2. The molecule has 1 amide bonds. The molecule has 0 aliphatic heterocycles. The largest absolute Gasteiger partial charge is 0.478 e. The van der Waals surface area contributed by atoms with Gasteiger partial charge in [-0.1, -0.05) is 12.1 Å². The Labute approximate surface area is 116 Å². The Balaban J connectivity index is 2.87. The molecule has 0 atom stereocenters. The molecule has 0 aliphatic carbocycles.